The molecule has 18 heavy (non-hydrogen) atoms. The summed E-state index contributed by atoms with van der Waals surface area (Å²) in [4.78, 5) is 0. The summed E-state index contributed by atoms with van der Waals surface area (Å²) >= 11 is 6.34. The van der Waals surface area contributed by atoms with Crippen molar-refractivity contribution >= 4 is 11.6 Å². The zero-order valence-corrected chi connectivity index (χ0v) is 11.5. The fourth-order valence-electron chi connectivity index (χ4n) is 2.17. The van der Waals surface area contributed by atoms with Gasteiger partial charge in [-0.15, -0.1) is 0 Å². The van der Waals surface area contributed by atoms with E-state index in [1.165, 1.54) is 16.7 Å². The summed E-state index contributed by atoms with van der Waals surface area (Å²) in [6.45, 7) is 2.81. The Kier molecular flexibility index (Phi) is 4.40. The maximum Gasteiger partial charge on any atom is 0.0502 e. The first kappa shape index (κ1) is 13.1. The van der Waals surface area contributed by atoms with Gasteiger partial charge in [0.2, 0.25) is 0 Å². The van der Waals surface area contributed by atoms with E-state index < -0.39 is 0 Å². The van der Waals surface area contributed by atoms with Gasteiger partial charge in [-0.05, 0) is 36.1 Å². The Morgan fingerprint density at radius 2 is 1.83 bits per heavy atom. The first-order valence-corrected chi connectivity index (χ1v) is 6.44. The van der Waals surface area contributed by atoms with E-state index in [9.17, 15) is 0 Å². The number of methoxy groups -OCH3 is 1. The van der Waals surface area contributed by atoms with E-state index in [1.807, 2.05) is 12.1 Å². The predicted octanol–water partition coefficient (Wildman–Crippen LogP) is 4.50. The van der Waals surface area contributed by atoms with Crippen LogP contribution >= 0.6 is 11.6 Å². The normalized spacial score (nSPS) is 10.6. The lowest BCUT2D eigenvalue weighted by atomic mass is 9.94. The highest BCUT2D eigenvalue weighted by Gasteiger charge is 2.10. The second-order valence-corrected chi connectivity index (χ2v) is 4.74. The molecule has 0 N–H and O–H groups in total. The van der Waals surface area contributed by atoms with Gasteiger partial charge in [0.25, 0.3) is 0 Å². The van der Waals surface area contributed by atoms with Crippen LogP contribution in [0, 0.1) is 6.92 Å². The largest absolute Gasteiger partial charge is 0.384 e. The van der Waals surface area contributed by atoms with Crippen molar-refractivity contribution in [1.82, 2.24) is 0 Å². The van der Waals surface area contributed by atoms with Crippen LogP contribution in [-0.4, -0.2) is 13.7 Å². The third-order valence-electron chi connectivity index (χ3n) is 3.08. The Morgan fingerprint density at radius 3 is 2.56 bits per heavy atom. The summed E-state index contributed by atoms with van der Waals surface area (Å²) in [5.41, 5.74) is 4.81. The van der Waals surface area contributed by atoms with Gasteiger partial charge >= 0.3 is 0 Å². The van der Waals surface area contributed by atoms with Crippen LogP contribution in [0.25, 0.3) is 11.1 Å². The minimum absolute atomic E-state index is 0.723. The lowest BCUT2D eigenvalue weighted by molar-refractivity contribution is 0.202. The maximum atomic E-state index is 6.34. The lowest BCUT2D eigenvalue weighted by Gasteiger charge is -2.13. The third kappa shape index (κ3) is 2.74. The van der Waals surface area contributed by atoms with E-state index >= 15 is 0 Å². The van der Waals surface area contributed by atoms with Crippen LogP contribution in [0.1, 0.15) is 11.1 Å². The van der Waals surface area contributed by atoms with Crippen LogP contribution in [-0.2, 0) is 11.2 Å². The number of hydrogen-bond acceptors (Lipinski definition) is 1. The smallest absolute Gasteiger partial charge is 0.0502 e. The van der Waals surface area contributed by atoms with E-state index in [4.69, 9.17) is 16.3 Å². The monoisotopic (exact) mass is 260 g/mol. The number of benzene rings is 2. The summed E-state index contributed by atoms with van der Waals surface area (Å²) in [6, 6.07) is 14.4. The minimum atomic E-state index is 0.723. The van der Waals surface area contributed by atoms with Crippen LogP contribution in [0.15, 0.2) is 42.5 Å². The molecule has 0 heterocycles. The maximum absolute atomic E-state index is 6.34. The van der Waals surface area contributed by atoms with Gasteiger partial charge in [0.15, 0.2) is 0 Å². The highest BCUT2D eigenvalue weighted by molar-refractivity contribution is 6.33. The van der Waals surface area contributed by atoms with Crippen molar-refractivity contribution in [2.24, 2.45) is 0 Å². The van der Waals surface area contributed by atoms with Gasteiger partial charge in [-0.1, -0.05) is 48.0 Å². The summed E-state index contributed by atoms with van der Waals surface area (Å²) in [5, 5.41) is 0.805. The fourth-order valence-corrected chi connectivity index (χ4v) is 2.49. The van der Waals surface area contributed by atoms with Crippen LogP contribution in [0.4, 0.5) is 0 Å². The molecular weight excluding hydrogens is 244 g/mol. The van der Waals surface area contributed by atoms with Crippen LogP contribution < -0.4 is 0 Å². The van der Waals surface area contributed by atoms with Gasteiger partial charge in [-0.2, -0.15) is 0 Å². The van der Waals surface area contributed by atoms with E-state index in [1.54, 1.807) is 7.11 Å². The molecule has 0 spiro atoms. The molecule has 0 radical (unpaired) electrons. The van der Waals surface area contributed by atoms with Crippen molar-refractivity contribution in [1.29, 1.82) is 0 Å². The van der Waals surface area contributed by atoms with Crippen molar-refractivity contribution in [3.63, 3.8) is 0 Å². The number of hydrogen-bond donors (Lipinski definition) is 0. The van der Waals surface area contributed by atoms with Gasteiger partial charge in [0.05, 0.1) is 6.61 Å². The molecule has 0 amide bonds. The second kappa shape index (κ2) is 6.03. The van der Waals surface area contributed by atoms with Crippen LogP contribution in [0.5, 0.6) is 0 Å². The molecular formula is C16H17ClO. The molecule has 0 aliphatic rings. The number of ether oxygens (including phenoxy) is 1. The van der Waals surface area contributed by atoms with Crippen molar-refractivity contribution in [3.8, 4) is 11.1 Å². The molecule has 0 saturated heterocycles. The van der Waals surface area contributed by atoms with Gasteiger partial charge in [-0.3, -0.25) is 0 Å². The Balaban J connectivity index is 2.50. The summed E-state index contributed by atoms with van der Waals surface area (Å²) in [6.07, 6.45) is 0.900. The van der Waals surface area contributed by atoms with Crippen LogP contribution in [0.2, 0.25) is 5.02 Å². The first-order valence-electron chi connectivity index (χ1n) is 6.06. The number of aryl methyl sites for hydroxylation is 1. The molecule has 0 fully saturated rings. The molecule has 0 unspecified atom stereocenters. The zero-order chi connectivity index (χ0) is 13.0. The first-order chi connectivity index (χ1) is 8.74. The molecule has 2 rings (SSSR count). The van der Waals surface area contributed by atoms with Crippen molar-refractivity contribution < 1.29 is 4.74 Å². The second-order valence-electron chi connectivity index (χ2n) is 4.33. The molecule has 2 aromatic carbocycles. The topological polar surface area (TPSA) is 9.23 Å². The van der Waals surface area contributed by atoms with Crippen molar-refractivity contribution in [2.45, 2.75) is 13.3 Å². The minimum Gasteiger partial charge on any atom is -0.384 e. The van der Waals surface area contributed by atoms with E-state index in [-0.39, 0.29) is 0 Å². The highest BCUT2D eigenvalue weighted by atomic mass is 35.5. The van der Waals surface area contributed by atoms with E-state index in [2.05, 4.69) is 37.3 Å². The Bertz CT molecular complexity index is 514. The summed E-state index contributed by atoms with van der Waals surface area (Å²) in [7, 11) is 1.73. The standard InChI is InChI=1S/C16H17ClO/c1-12-6-5-9-15(17)16(12)14-8-4-3-7-13(14)10-11-18-2/h3-9H,10-11H2,1-2H3. The SMILES string of the molecule is COCCc1ccccc1-c1c(C)cccc1Cl. The molecule has 0 bridgehead atoms. The Morgan fingerprint density at radius 1 is 1.06 bits per heavy atom. The van der Waals surface area contributed by atoms with Crippen molar-refractivity contribution in [3.05, 3.63) is 58.6 Å². The average molecular weight is 261 g/mol. The van der Waals surface area contributed by atoms with Gasteiger partial charge in [-0.25, -0.2) is 0 Å². The summed E-state index contributed by atoms with van der Waals surface area (Å²) in [5.74, 6) is 0. The molecule has 2 aromatic rings. The zero-order valence-electron chi connectivity index (χ0n) is 10.7. The Hall–Kier alpha value is -1.31. The quantitative estimate of drug-likeness (QED) is 0.786. The molecule has 0 aliphatic carbocycles. The van der Waals surface area contributed by atoms with E-state index in [0.29, 0.717) is 0 Å². The molecule has 2 heteroatoms. The third-order valence-corrected chi connectivity index (χ3v) is 3.40. The number of halogens is 1. The lowest BCUT2D eigenvalue weighted by Crippen LogP contribution is -1.98. The van der Waals surface area contributed by atoms with Crippen LogP contribution in [0.3, 0.4) is 0 Å². The molecule has 0 atom stereocenters. The molecule has 0 aliphatic heterocycles. The average Bonchev–Trinajstić information content (AvgIpc) is 2.37. The van der Waals surface area contributed by atoms with E-state index in [0.717, 1.165) is 23.6 Å². The molecule has 1 nitrogen and oxygen atoms in total. The fraction of sp³-hybridized carbons (Fsp3) is 0.250. The predicted molar refractivity (Wildman–Crippen MR) is 77.2 cm³/mol. The highest BCUT2D eigenvalue weighted by Crippen LogP contribution is 2.33. The summed E-state index contributed by atoms with van der Waals surface area (Å²) < 4.78 is 5.16. The van der Waals surface area contributed by atoms with Gasteiger partial charge < -0.3 is 4.74 Å². The Labute approximate surface area is 113 Å². The number of rotatable bonds is 4. The molecule has 0 saturated carbocycles. The van der Waals surface area contributed by atoms with Gasteiger partial charge in [0.1, 0.15) is 0 Å². The van der Waals surface area contributed by atoms with Gasteiger partial charge in [0, 0.05) is 17.7 Å². The molecule has 0 aromatic heterocycles. The molecule has 94 valence electrons. The van der Waals surface area contributed by atoms with Crippen molar-refractivity contribution in [2.75, 3.05) is 13.7 Å².